The highest BCUT2D eigenvalue weighted by molar-refractivity contribution is 5.80. The number of carbonyl (C=O) groups excluding carboxylic acids is 1. The lowest BCUT2D eigenvalue weighted by Gasteiger charge is -2.34. The predicted molar refractivity (Wildman–Crippen MR) is 145 cm³/mol. The molecular formula is C29H40N4O3. The Balaban J connectivity index is 1.45. The van der Waals surface area contributed by atoms with Crippen molar-refractivity contribution < 1.29 is 9.53 Å². The van der Waals surface area contributed by atoms with Crippen molar-refractivity contribution in [3.63, 3.8) is 0 Å². The van der Waals surface area contributed by atoms with Gasteiger partial charge in [0.25, 0.3) is 0 Å². The van der Waals surface area contributed by atoms with Crippen LogP contribution in [-0.4, -0.2) is 53.7 Å². The second-order valence-electron chi connectivity index (χ2n) is 10.3. The standard InChI is InChI=1S/C29H40N4O3/c1-20(2)24(25-18-23(36-5)11-10-21(25)3)14-17-31-15-12-22(13-16-31)33-27-9-7-6-8-26(27)32(29(33)35)19-28(34)30-4/h6-11,18,20,22,24H,12-17,19H2,1-5H3,(H,30,34)/t24-/m0/s1. The molecule has 7 nitrogen and oxygen atoms in total. The van der Waals surface area contributed by atoms with Gasteiger partial charge in [-0.1, -0.05) is 32.0 Å². The van der Waals surface area contributed by atoms with Crippen LogP contribution >= 0.6 is 0 Å². The predicted octanol–water partition coefficient (Wildman–Crippen LogP) is 4.33. The fourth-order valence-electron chi connectivity index (χ4n) is 5.68. The first-order valence-electron chi connectivity index (χ1n) is 13.1. The van der Waals surface area contributed by atoms with Crippen LogP contribution in [0.5, 0.6) is 5.75 Å². The van der Waals surface area contributed by atoms with E-state index in [1.807, 2.05) is 34.9 Å². The number of ether oxygens (including phenoxy) is 1. The Morgan fingerprint density at radius 1 is 1.11 bits per heavy atom. The number of hydrogen-bond acceptors (Lipinski definition) is 4. The highest BCUT2D eigenvalue weighted by Crippen LogP contribution is 2.34. The van der Waals surface area contributed by atoms with Gasteiger partial charge in [0.15, 0.2) is 0 Å². The van der Waals surface area contributed by atoms with E-state index in [4.69, 9.17) is 4.74 Å². The van der Waals surface area contributed by atoms with Crippen molar-refractivity contribution in [1.29, 1.82) is 0 Å². The summed E-state index contributed by atoms with van der Waals surface area (Å²) in [4.78, 5) is 28.0. The molecule has 3 aromatic rings. The van der Waals surface area contributed by atoms with Gasteiger partial charge in [-0.15, -0.1) is 0 Å². The molecule has 1 N–H and O–H groups in total. The number of imidazole rings is 1. The second kappa shape index (κ2) is 11.3. The van der Waals surface area contributed by atoms with Crippen molar-refractivity contribution in [1.82, 2.24) is 19.4 Å². The van der Waals surface area contributed by atoms with Crippen molar-refractivity contribution in [2.75, 3.05) is 33.8 Å². The van der Waals surface area contributed by atoms with Gasteiger partial charge in [-0.05, 0) is 80.0 Å². The van der Waals surface area contributed by atoms with Crippen LogP contribution < -0.4 is 15.7 Å². The maximum absolute atomic E-state index is 13.4. The van der Waals surface area contributed by atoms with Gasteiger partial charge >= 0.3 is 5.69 Å². The number of aryl methyl sites for hydroxylation is 1. The van der Waals surface area contributed by atoms with E-state index in [-0.39, 0.29) is 24.2 Å². The van der Waals surface area contributed by atoms with Crippen molar-refractivity contribution in [2.45, 2.75) is 58.5 Å². The Morgan fingerprint density at radius 3 is 2.44 bits per heavy atom. The highest BCUT2D eigenvalue weighted by Gasteiger charge is 2.27. The smallest absolute Gasteiger partial charge is 0.329 e. The van der Waals surface area contributed by atoms with Gasteiger partial charge in [-0.3, -0.25) is 13.9 Å². The van der Waals surface area contributed by atoms with Gasteiger partial charge < -0.3 is 15.0 Å². The Kier molecular flexibility index (Phi) is 8.19. The van der Waals surface area contributed by atoms with Crippen molar-refractivity contribution in [3.8, 4) is 5.75 Å². The van der Waals surface area contributed by atoms with Crippen LogP contribution in [0.3, 0.4) is 0 Å². The molecule has 0 aliphatic carbocycles. The van der Waals surface area contributed by atoms with Gasteiger partial charge in [0, 0.05) is 26.2 Å². The van der Waals surface area contributed by atoms with E-state index in [1.54, 1.807) is 18.7 Å². The number of likely N-dealkylation sites (tertiary alicyclic amines) is 1. The molecule has 0 unspecified atom stereocenters. The molecule has 2 aromatic carbocycles. The third-order valence-corrected chi connectivity index (χ3v) is 7.82. The maximum Gasteiger partial charge on any atom is 0.329 e. The van der Waals surface area contributed by atoms with Gasteiger partial charge in [-0.2, -0.15) is 0 Å². The first-order chi connectivity index (χ1) is 17.3. The summed E-state index contributed by atoms with van der Waals surface area (Å²) in [7, 11) is 3.33. The minimum absolute atomic E-state index is 0.0436. The molecule has 1 aromatic heterocycles. The molecule has 0 saturated carbocycles. The number of methoxy groups -OCH3 is 1. The number of benzene rings is 2. The van der Waals surface area contributed by atoms with Gasteiger partial charge in [0.1, 0.15) is 12.3 Å². The Bertz CT molecular complexity index is 1250. The van der Waals surface area contributed by atoms with E-state index in [0.29, 0.717) is 11.8 Å². The molecule has 0 bridgehead atoms. The molecule has 1 aliphatic rings. The number of carbonyl (C=O) groups is 1. The highest BCUT2D eigenvalue weighted by atomic mass is 16.5. The van der Waals surface area contributed by atoms with Crippen LogP contribution in [0.15, 0.2) is 47.3 Å². The van der Waals surface area contributed by atoms with E-state index < -0.39 is 0 Å². The van der Waals surface area contributed by atoms with E-state index in [2.05, 4.69) is 43.1 Å². The number of hydrogen-bond donors (Lipinski definition) is 1. The summed E-state index contributed by atoms with van der Waals surface area (Å²) in [6.45, 7) is 9.81. The van der Waals surface area contributed by atoms with Crippen molar-refractivity contribution >= 4 is 16.9 Å². The summed E-state index contributed by atoms with van der Waals surface area (Å²) in [6, 6.07) is 14.3. The number of fused-ring (bicyclic) bond motifs is 1. The van der Waals surface area contributed by atoms with Gasteiger partial charge in [0.05, 0.1) is 18.1 Å². The number of aromatic nitrogens is 2. The molecule has 4 rings (SSSR count). The molecular weight excluding hydrogens is 452 g/mol. The number of piperidine rings is 1. The largest absolute Gasteiger partial charge is 0.497 e. The van der Waals surface area contributed by atoms with Crippen molar-refractivity contribution in [2.24, 2.45) is 5.92 Å². The summed E-state index contributed by atoms with van der Waals surface area (Å²) in [5.41, 5.74) is 4.35. The minimum atomic E-state index is -0.166. The fourth-order valence-corrected chi connectivity index (χ4v) is 5.68. The monoisotopic (exact) mass is 492 g/mol. The van der Waals surface area contributed by atoms with Crippen LogP contribution in [0, 0.1) is 12.8 Å². The maximum atomic E-state index is 13.4. The zero-order valence-corrected chi connectivity index (χ0v) is 22.3. The Hall–Kier alpha value is -3.06. The number of nitrogens with zero attached hydrogens (tertiary/aromatic N) is 3. The molecule has 0 spiro atoms. The van der Waals surface area contributed by atoms with Gasteiger partial charge in [0.2, 0.25) is 5.91 Å². The zero-order chi connectivity index (χ0) is 25.8. The van der Waals surface area contributed by atoms with Gasteiger partial charge in [-0.25, -0.2) is 4.79 Å². The van der Waals surface area contributed by atoms with E-state index in [9.17, 15) is 9.59 Å². The Labute approximate surface area is 214 Å². The summed E-state index contributed by atoms with van der Waals surface area (Å²) in [5, 5.41) is 2.63. The number of para-hydroxylation sites is 2. The van der Waals surface area contributed by atoms with E-state index in [1.165, 1.54) is 11.1 Å². The molecule has 1 saturated heterocycles. The van der Waals surface area contributed by atoms with Crippen LogP contribution in [-0.2, 0) is 11.3 Å². The van der Waals surface area contributed by atoms with E-state index >= 15 is 0 Å². The third-order valence-electron chi connectivity index (χ3n) is 7.82. The second-order valence-corrected chi connectivity index (χ2v) is 10.3. The molecule has 1 aliphatic heterocycles. The average Bonchev–Trinajstić information content (AvgIpc) is 3.16. The first kappa shape index (κ1) is 26.0. The van der Waals surface area contributed by atoms with Crippen LogP contribution in [0.2, 0.25) is 0 Å². The first-order valence-corrected chi connectivity index (χ1v) is 13.1. The third kappa shape index (κ3) is 5.36. The molecule has 7 heteroatoms. The Morgan fingerprint density at radius 2 is 1.81 bits per heavy atom. The van der Waals surface area contributed by atoms with Crippen LogP contribution in [0.1, 0.15) is 56.2 Å². The number of likely N-dealkylation sites (N-methyl/N-ethyl adjacent to an activating group) is 1. The summed E-state index contributed by atoms with van der Waals surface area (Å²) in [5.74, 6) is 1.77. The molecule has 36 heavy (non-hydrogen) atoms. The number of rotatable bonds is 9. The summed E-state index contributed by atoms with van der Waals surface area (Å²) in [6.07, 6.45) is 2.96. The molecule has 1 atom stereocenters. The lowest BCUT2D eigenvalue weighted by atomic mass is 9.83. The number of nitrogens with one attached hydrogen (secondary N) is 1. The lowest BCUT2D eigenvalue weighted by Crippen LogP contribution is -2.39. The summed E-state index contributed by atoms with van der Waals surface area (Å²) < 4.78 is 9.02. The van der Waals surface area contributed by atoms with Crippen LogP contribution in [0.25, 0.3) is 11.0 Å². The van der Waals surface area contributed by atoms with E-state index in [0.717, 1.165) is 55.7 Å². The zero-order valence-electron chi connectivity index (χ0n) is 22.3. The summed E-state index contributed by atoms with van der Waals surface area (Å²) >= 11 is 0. The SMILES string of the molecule is CNC(=O)Cn1c(=O)n(C2CCN(CC[C@H](c3cc(OC)ccc3C)C(C)C)CC2)c2ccccc21. The molecule has 2 heterocycles. The molecule has 1 fully saturated rings. The molecule has 1 amide bonds. The topological polar surface area (TPSA) is 68.5 Å². The quantitative estimate of drug-likeness (QED) is 0.483. The lowest BCUT2D eigenvalue weighted by molar-refractivity contribution is -0.121. The normalized spacial score (nSPS) is 15.9. The number of amides is 1. The van der Waals surface area contributed by atoms with Crippen LogP contribution in [0.4, 0.5) is 0 Å². The molecule has 0 radical (unpaired) electrons. The van der Waals surface area contributed by atoms with Crippen molar-refractivity contribution in [3.05, 3.63) is 64.1 Å². The fraction of sp³-hybridized carbons (Fsp3) is 0.517. The molecule has 194 valence electrons. The average molecular weight is 493 g/mol. The minimum Gasteiger partial charge on any atom is -0.497 e.